The fraction of sp³-hybridized carbons (Fsp3) is 0.111. The third-order valence-corrected chi connectivity index (χ3v) is 4.20. The van der Waals surface area contributed by atoms with E-state index in [0.717, 1.165) is 12.1 Å². The normalized spacial score (nSPS) is 12.2. The van der Waals surface area contributed by atoms with Crippen LogP contribution in [-0.2, 0) is 12.4 Å². The van der Waals surface area contributed by atoms with Crippen molar-refractivity contribution in [3.8, 4) is 16.8 Å². The van der Waals surface area contributed by atoms with Crippen LogP contribution >= 0.6 is 11.6 Å². The number of halogens is 7. The van der Waals surface area contributed by atoms with Gasteiger partial charge in [-0.1, -0.05) is 23.7 Å². The van der Waals surface area contributed by atoms with Crippen LogP contribution in [0.1, 0.15) is 21.7 Å². The van der Waals surface area contributed by atoms with E-state index >= 15 is 0 Å². The Morgan fingerprint density at radius 3 is 2.07 bits per heavy atom. The number of aromatic nitrogens is 2. The highest BCUT2D eigenvalue weighted by Crippen LogP contribution is 2.37. The van der Waals surface area contributed by atoms with Crippen LogP contribution in [0.15, 0.2) is 48.5 Å². The summed E-state index contributed by atoms with van der Waals surface area (Å²) in [4.78, 5) is 11.6. The number of rotatable bonds is 3. The minimum Gasteiger partial charge on any atom is -0.366 e. The number of carbonyl (C=O) groups is 1. The fourth-order valence-corrected chi connectivity index (χ4v) is 2.84. The number of primary amides is 1. The second kappa shape index (κ2) is 7.11. The minimum atomic E-state index is -5.05. The third kappa shape index (κ3) is 4.21. The average Bonchev–Trinajstić information content (AvgIpc) is 3.07. The lowest BCUT2D eigenvalue weighted by Gasteiger charge is -2.12. The van der Waals surface area contributed by atoms with Crippen LogP contribution in [0.2, 0.25) is 5.02 Å². The molecule has 0 radical (unpaired) electrons. The molecule has 4 nitrogen and oxygen atoms in total. The van der Waals surface area contributed by atoms with Gasteiger partial charge >= 0.3 is 12.4 Å². The quantitative estimate of drug-likeness (QED) is 0.568. The Labute approximate surface area is 164 Å². The van der Waals surface area contributed by atoms with Crippen molar-refractivity contribution in [3.63, 3.8) is 0 Å². The Hall–Kier alpha value is -3.01. The highest BCUT2D eigenvalue weighted by Gasteiger charge is 2.42. The van der Waals surface area contributed by atoms with Crippen molar-refractivity contribution in [2.75, 3.05) is 0 Å². The van der Waals surface area contributed by atoms with Crippen LogP contribution in [0.3, 0.4) is 0 Å². The SMILES string of the molecule is NC(=O)c1ccc(Cl)cc1-c1ccc(-n2nc(C(F)(F)F)cc2C(F)(F)F)cc1. The first-order valence-corrected chi connectivity index (χ1v) is 8.20. The Morgan fingerprint density at radius 1 is 0.931 bits per heavy atom. The number of carbonyl (C=O) groups excluding carboxylic acids is 1. The Morgan fingerprint density at radius 2 is 1.55 bits per heavy atom. The highest BCUT2D eigenvalue weighted by atomic mass is 35.5. The van der Waals surface area contributed by atoms with Crippen LogP contribution in [0.4, 0.5) is 26.3 Å². The summed E-state index contributed by atoms with van der Waals surface area (Å²) in [5, 5.41) is 3.34. The molecule has 0 unspecified atom stereocenters. The molecule has 0 saturated carbocycles. The predicted octanol–water partition coefficient (Wildman–Crippen LogP) is 5.33. The van der Waals surface area contributed by atoms with E-state index in [9.17, 15) is 31.1 Å². The van der Waals surface area contributed by atoms with E-state index in [2.05, 4.69) is 5.10 Å². The summed E-state index contributed by atoms with van der Waals surface area (Å²) in [6.07, 6.45) is -10.1. The maximum absolute atomic E-state index is 13.2. The number of hydrogen-bond donors (Lipinski definition) is 1. The molecule has 11 heteroatoms. The summed E-state index contributed by atoms with van der Waals surface area (Å²) in [5.41, 5.74) is 2.64. The molecule has 3 rings (SSSR count). The van der Waals surface area contributed by atoms with Crippen molar-refractivity contribution in [1.29, 1.82) is 0 Å². The van der Waals surface area contributed by atoms with Crippen LogP contribution in [0.25, 0.3) is 16.8 Å². The zero-order valence-corrected chi connectivity index (χ0v) is 14.9. The number of nitrogens with zero attached hydrogens (tertiary/aromatic N) is 2. The van der Waals surface area contributed by atoms with E-state index in [4.69, 9.17) is 17.3 Å². The van der Waals surface area contributed by atoms with Crippen molar-refractivity contribution in [1.82, 2.24) is 9.78 Å². The second-order valence-corrected chi connectivity index (χ2v) is 6.36. The summed E-state index contributed by atoms with van der Waals surface area (Å²) < 4.78 is 78.2. The molecule has 0 fully saturated rings. The van der Waals surface area contributed by atoms with Gasteiger partial charge in [-0.3, -0.25) is 4.79 Å². The largest absolute Gasteiger partial charge is 0.435 e. The summed E-state index contributed by atoms with van der Waals surface area (Å²) >= 11 is 5.92. The molecule has 3 aromatic rings. The van der Waals surface area contributed by atoms with Crippen LogP contribution in [0, 0.1) is 0 Å². The topological polar surface area (TPSA) is 60.9 Å². The van der Waals surface area contributed by atoms with Crippen molar-refractivity contribution in [3.05, 3.63) is 70.5 Å². The molecule has 0 atom stereocenters. The molecule has 0 aliphatic rings. The molecule has 1 aromatic heterocycles. The van der Waals surface area contributed by atoms with Gasteiger partial charge in [0.15, 0.2) is 5.69 Å². The zero-order chi connectivity index (χ0) is 21.6. The van der Waals surface area contributed by atoms with Crippen molar-refractivity contribution < 1.29 is 31.1 Å². The van der Waals surface area contributed by atoms with Crippen molar-refractivity contribution >= 4 is 17.5 Å². The molecular formula is C18H10ClF6N3O. The standard InChI is InChI=1S/C18H10ClF6N3O/c19-10-3-6-12(16(26)29)13(7-10)9-1-4-11(5-2-9)28-15(18(23,24)25)8-14(27-28)17(20,21)22/h1-8H,(H2,26,29). The number of amides is 1. The fourth-order valence-electron chi connectivity index (χ4n) is 2.67. The first-order chi connectivity index (χ1) is 13.4. The van der Waals surface area contributed by atoms with E-state index < -0.39 is 29.6 Å². The molecular weight excluding hydrogens is 424 g/mol. The minimum absolute atomic E-state index is 0.0594. The van der Waals surface area contributed by atoms with Gasteiger partial charge in [0.2, 0.25) is 5.91 Å². The Kier molecular flexibility index (Phi) is 5.08. The van der Waals surface area contributed by atoms with Gasteiger partial charge in [0.05, 0.1) is 5.69 Å². The average molecular weight is 434 g/mol. The molecule has 29 heavy (non-hydrogen) atoms. The predicted molar refractivity (Wildman–Crippen MR) is 92.5 cm³/mol. The maximum atomic E-state index is 13.2. The van der Waals surface area contributed by atoms with Gasteiger partial charge in [-0.15, -0.1) is 0 Å². The molecule has 0 bridgehead atoms. The molecule has 1 amide bonds. The van der Waals surface area contributed by atoms with Gasteiger partial charge in [-0.05, 0) is 41.5 Å². The zero-order valence-electron chi connectivity index (χ0n) is 14.1. The van der Waals surface area contributed by atoms with Crippen LogP contribution in [0.5, 0.6) is 0 Å². The first-order valence-electron chi connectivity index (χ1n) is 7.82. The number of alkyl halides is 6. The highest BCUT2D eigenvalue weighted by molar-refractivity contribution is 6.31. The lowest BCUT2D eigenvalue weighted by atomic mass is 9.99. The molecule has 152 valence electrons. The van der Waals surface area contributed by atoms with Gasteiger partial charge in [-0.25, -0.2) is 4.68 Å². The number of benzene rings is 2. The van der Waals surface area contributed by atoms with Gasteiger partial charge in [-0.2, -0.15) is 31.4 Å². The molecule has 0 aliphatic heterocycles. The monoisotopic (exact) mass is 433 g/mol. The summed E-state index contributed by atoms with van der Waals surface area (Å²) in [6, 6.07) is 9.14. The molecule has 1 heterocycles. The van der Waals surface area contributed by atoms with E-state index in [1.807, 2.05) is 0 Å². The van der Waals surface area contributed by atoms with Crippen molar-refractivity contribution in [2.45, 2.75) is 12.4 Å². The van der Waals surface area contributed by atoms with Gasteiger partial charge in [0.1, 0.15) is 5.69 Å². The first kappa shape index (κ1) is 20.7. The maximum Gasteiger partial charge on any atom is 0.435 e. The molecule has 0 spiro atoms. The Bertz CT molecular complexity index is 1070. The van der Waals surface area contributed by atoms with E-state index in [0.29, 0.717) is 11.1 Å². The van der Waals surface area contributed by atoms with Crippen molar-refractivity contribution in [2.24, 2.45) is 5.73 Å². The van der Waals surface area contributed by atoms with Crippen LogP contribution in [-0.4, -0.2) is 15.7 Å². The lowest BCUT2D eigenvalue weighted by molar-refractivity contribution is -0.143. The van der Waals surface area contributed by atoms with E-state index in [1.165, 1.54) is 30.3 Å². The van der Waals surface area contributed by atoms with E-state index in [-0.39, 0.29) is 27.0 Å². The van der Waals surface area contributed by atoms with Gasteiger partial charge in [0, 0.05) is 16.7 Å². The van der Waals surface area contributed by atoms with Crippen LogP contribution < -0.4 is 5.73 Å². The summed E-state index contributed by atoms with van der Waals surface area (Å²) in [6.45, 7) is 0. The third-order valence-electron chi connectivity index (χ3n) is 3.96. The molecule has 2 N–H and O–H groups in total. The number of nitrogens with two attached hydrogens (primary N) is 1. The molecule has 2 aromatic carbocycles. The lowest BCUT2D eigenvalue weighted by Crippen LogP contribution is -2.13. The molecule has 0 aliphatic carbocycles. The summed E-state index contributed by atoms with van der Waals surface area (Å²) in [7, 11) is 0. The number of hydrogen-bond acceptors (Lipinski definition) is 2. The molecule has 0 saturated heterocycles. The smallest absolute Gasteiger partial charge is 0.366 e. The summed E-state index contributed by atoms with van der Waals surface area (Å²) in [5.74, 6) is -0.748. The van der Waals surface area contributed by atoms with Gasteiger partial charge in [0.25, 0.3) is 0 Å². The van der Waals surface area contributed by atoms with E-state index in [1.54, 1.807) is 0 Å². The Balaban J connectivity index is 2.10. The van der Waals surface area contributed by atoms with Gasteiger partial charge < -0.3 is 5.73 Å². The second-order valence-electron chi connectivity index (χ2n) is 5.92.